The third kappa shape index (κ3) is 3.25. The molecule has 0 saturated heterocycles. The van der Waals surface area contributed by atoms with Crippen LogP contribution >= 0.6 is 0 Å². The maximum Gasteiger partial charge on any atom is 0.339 e. The molecule has 92 valence electrons. The predicted octanol–water partition coefficient (Wildman–Crippen LogP) is 0.892. The molecule has 0 aromatic carbocycles. The van der Waals surface area contributed by atoms with Gasteiger partial charge < -0.3 is 4.74 Å². The first-order chi connectivity index (χ1) is 8.10. The van der Waals surface area contributed by atoms with Crippen LogP contribution in [0.25, 0.3) is 0 Å². The average molecular weight is 238 g/mol. The summed E-state index contributed by atoms with van der Waals surface area (Å²) in [4.78, 5) is 31.7. The SMILES string of the molecule is CCOC(=O)c1cncc(C(=O)N(C)OC)c1. The molecule has 1 aromatic rings. The molecule has 6 heteroatoms. The van der Waals surface area contributed by atoms with Gasteiger partial charge in [0.05, 0.1) is 24.8 Å². The molecule has 0 radical (unpaired) electrons. The second-order valence-corrected chi connectivity index (χ2v) is 3.17. The summed E-state index contributed by atoms with van der Waals surface area (Å²) in [6.07, 6.45) is 2.71. The van der Waals surface area contributed by atoms with Gasteiger partial charge in [-0.15, -0.1) is 0 Å². The van der Waals surface area contributed by atoms with E-state index in [9.17, 15) is 9.59 Å². The normalized spacial score (nSPS) is 9.82. The van der Waals surface area contributed by atoms with E-state index in [-0.39, 0.29) is 23.6 Å². The molecule has 1 amide bonds. The number of esters is 1. The largest absolute Gasteiger partial charge is 0.462 e. The van der Waals surface area contributed by atoms with Crippen LogP contribution in [-0.2, 0) is 9.57 Å². The number of nitrogens with zero attached hydrogens (tertiary/aromatic N) is 2. The van der Waals surface area contributed by atoms with E-state index >= 15 is 0 Å². The Morgan fingerprint density at radius 1 is 1.35 bits per heavy atom. The number of ether oxygens (including phenoxy) is 1. The number of aromatic nitrogens is 1. The van der Waals surface area contributed by atoms with Gasteiger partial charge in [-0.05, 0) is 13.0 Å². The molecule has 0 aliphatic rings. The lowest BCUT2D eigenvalue weighted by Crippen LogP contribution is -2.25. The van der Waals surface area contributed by atoms with Crippen LogP contribution in [0, 0.1) is 0 Å². The van der Waals surface area contributed by atoms with Crippen molar-refractivity contribution in [2.24, 2.45) is 0 Å². The minimum Gasteiger partial charge on any atom is -0.462 e. The molecule has 0 aliphatic heterocycles. The highest BCUT2D eigenvalue weighted by Crippen LogP contribution is 2.07. The number of hydroxylamine groups is 2. The van der Waals surface area contributed by atoms with Gasteiger partial charge in [-0.1, -0.05) is 0 Å². The Hall–Kier alpha value is -1.95. The number of carbonyl (C=O) groups is 2. The van der Waals surface area contributed by atoms with E-state index in [1.54, 1.807) is 6.92 Å². The van der Waals surface area contributed by atoms with Gasteiger partial charge in [0.1, 0.15) is 0 Å². The molecule has 0 spiro atoms. The molecule has 0 saturated carbocycles. The van der Waals surface area contributed by atoms with Crippen molar-refractivity contribution in [3.05, 3.63) is 29.6 Å². The van der Waals surface area contributed by atoms with Crippen molar-refractivity contribution < 1.29 is 19.2 Å². The van der Waals surface area contributed by atoms with Crippen molar-refractivity contribution in [3.63, 3.8) is 0 Å². The standard InChI is InChI=1S/C11H14N2O4/c1-4-17-11(15)9-5-8(6-12-7-9)10(14)13(2)16-3/h5-7H,4H2,1-3H3. The average Bonchev–Trinajstić information content (AvgIpc) is 2.37. The van der Waals surface area contributed by atoms with Crippen molar-refractivity contribution in [1.29, 1.82) is 0 Å². The maximum atomic E-state index is 11.7. The molecule has 0 bridgehead atoms. The molecule has 17 heavy (non-hydrogen) atoms. The number of pyridine rings is 1. The molecular weight excluding hydrogens is 224 g/mol. The Labute approximate surface area is 99.1 Å². The van der Waals surface area contributed by atoms with Gasteiger partial charge >= 0.3 is 5.97 Å². The number of hydrogen-bond acceptors (Lipinski definition) is 5. The lowest BCUT2D eigenvalue weighted by Gasteiger charge is -2.13. The van der Waals surface area contributed by atoms with Crippen LogP contribution in [0.15, 0.2) is 18.5 Å². The van der Waals surface area contributed by atoms with Gasteiger partial charge in [-0.3, -0.25) is 14.6 Å². The van der Waals surface area contributed by atoms with Crippen LogP contribution in [0.5, 0.6) is 0 Å². The molecule has 0 N–H and O–H groups in total. The van der Waals surface area contributed by atoms with Gasteiger partial charge in [-0.25, -0.2) is 9.86 Å². The second-order valence-electron chi connectivity index (χ2n) is 3.17. The Kier molecular flexibility index (Phi) is 4.59. The predicted molar refractivity (Wildman–Crippen MR) is 59.3 cm³/mol. The topological polar surface area (TPSA) is 68.7 Å². The highest BCUT2D eigenvalue weighted by Gasteiger charge is 2.15. The van der Waals surface area contributed by atoms with Gasteiger partial charge in [0.15, 0.2) is 0 Å². The minimum atomic E-state index is -0.505. The van der Waals surface area contributed by atoms with E-state index in [1.165, 1.54) is 32.6 Å². The Morgan fingerprint density at radius 3 is 2.59 bits per heavy atom. The maximum absolute atomic E-state index is 11.7. The summed E-state index contributed by atoms with van der Waals surface area (Å²) in [6, 6.07) is 1.42. The molecule has 1 rings (SSSR count). The summed E-state index contributed by atoms with van der Waals surface area (Å²) in [5.41, 5.74) is 0.502. The summed E-state index contributed by atoms with van der Waals surface area (Å²) in [5.74, 6) is -0.888. The molecule has 0 unspecified atom stereocenters. The Morgan fingerprint density at radius 2 is 2.00 bits per heavy atom. The summed E-state index contributed by atoms with van der Waals surface area (Å²) in [6.45, 7) is 1.98. The molecule has 1 heterocycles. The van der Waals surface area contributed by atoms with Crippen LogP contribution in [0.2, 0.25) is 0 Å². The zero-order valence-electron chi connectivity index (χ0n) is 9.97. The molecule has 0 atom stereocenters. The number of amides is 1. The van der Waals surface area contributed by atoms with Crippen molar-refractivity contribution in [2.75, 3.05) is 20.8 Å². The van der Waals surface area contributed by atoms with E-state index in [0.717, 1.165) is 5.06 Å². The van der Waals surface area contributed by atoms with Crippen LogP contribution in [0.1, 0.15) is 27.6 Å². The molecular formula is C11H14N2O4. The quantitative estimate of drug-likeness (QED) is 0.575. The monoisotopic (exact) mass is 238 g/mol. The van der Waals surface area contributed by atoms with Crippen molar-refractivity contribution >= 4 is 11.9 Å². The smallest absolute Gasteiger partial charge is 0.339 e. The number of carbonyl (C=O) groups excluding carboxylic acids is 2. The number of rotatable bonds is 4. The highest BCUT2D eigenvalue weighted by molar-refractivity contribution is 5.96. The summed E-state index contributed by atoms with van der Waals surface area (Å²) < 4.78 is 4.81. The fourth-order valence-electron chi connectivity index (χ4n) is 1.15. The Bertz CT molecular complexity index is 420. The molecule has 0 aliphatic carbocycles. The lowest BCUT2D eigenvalue weighted by atomic mass is 10.2. The highest BCUT2D eigenvalue weighted by atomic mass is 16.7. The minimum absolute atomic E-state index is 0.238. The van der Waals surface area contributed by atoms with Crippen molar-refractivity contribution in [2.45, 2.75) is 6.92 Å². The first-order valence-electron chi connectivity index (χ1n) is 5.04. The van der Waals surface area contributed by atoms with Gasteiger partial charge in [-0.2, -0.15) is 0 Å². The van der Waals surface area contributed by atoms with Crippen LogP contribution in [0.3, 0.4) is 0 Å². The zero-order valence-corrected chi connectivity index (χ0v) is 9.97. The van der Waals surface area contributed by atoms with Crippen LogP contribution in [0.4, 0.5) is 0 Å². The number of hydrogen-bond donors (Lipinski definition) is 0. The third-order valence-electron chi connectivity index (χ3n) is 2.06. The third-order valence-corrected chi connectivity index (χ3v) is 2.06. The Balaban J connectivity index is 2.93. The van der Waals surface area contributed by atoms with E-state index in [2.05, 4.69) is 4.98 Å². The fourth-order valence-corrected chi connectivity index (χ4v) is 1.15. The molecule has 1 aromatic heterocycles. The first-order valence-corrected chi connectivity index (χ1v) is 5.04. The summed E-state index contributed by atoms with van der Waals surface area (Å²) in [5, 5.41) is 1.05. The fraction of sp³-hybridized carbons (Fsp3) is 0.364. The molecule has 6 nitrogen and oxygen atoms in total. The van der Waals surface area contributed by atoms with E-state index in [1.807, 2.05) is 0 Å². The van der Waals surface area contributed by atoms with Crippen molar-refractivity contribution in [1.82, 2.24) is 10.0 Å². The summed E-state index contributed by atoms with van der Waals surface area (Å²) >= 11 is 0. The van der Waals surface area contributed by atoms with E-state index in [4.69, 9.17) is 9.57 Å². The van der Waals surface area contributed by atoms with Crippen LogP contribution < -0.4 is 0 Å². The van der Waals surface area contributed by atoms with Crippen molar-refractivity contribution in [3.8, 4) is 0 Å². The first kappa shape index (κ1) is 13.1. The van der Waals surface area contributed by atoms with Gasteiger partial charge in [0.2, 0.25) is 0 Å². The summed E-state index contributed by atoms with van der Waals surface area (Å²) in [7, 11) is 2.85. The van der Waals surface area contributed by atoms with Gasteiger partial charge in [0.25, 0.3) is 5.91 Å². The van der Waals surface area contributed by atoms with E-state index < -0.39 is 5.97 Å². The second kappa shape index (κ2) is 5.95. The van der Waals surface area contributed by atoms with E-state index in [0.29, 0.717) is 0 Å². The zero-order chi connectivity index (χ0) is 12.8. The lowest BCUT2D eigenvalue weighted by molar-refractivity contribution is -0.0757. The van der Waals surface area contributed by atoms with Gasteiger partial charge in [0, 0.05) is 19.4 Å². The molecule has 0 fully saturated rings. The van der Waals surface area contributed by atoms with Crippen LogP contribution in [-0.4, -0.2) is 42.7 Å².